The lowest BCUT2D eigenvalue weighted by Gasteiger charge is -2.34. The molecule has 0 spiro atoms. The van der Waals surface area contributed by atoms with Gasteiger partial charge in [-0.05, 0) is 38.0 Å². The second-order valence-corrected chi connectivity index (χ2v) is 7.16. The Hall–Kier alpha value is -2.89. The number of piperazine rings is 1. The van der Waals surface area contributed by atoms with E-state index in [-0.39, 0.29) is 25.0 Å². The molecule has 28 heavy (non-hydrogen) atoms. The van der Waals surface area contributed by atoms with Crippen LogP contribution < -0.4 is 4.74 Å². The Balaban J connectivity index is 1.52. The van der Waals surface area contributed by atoms with Gasteiger partial charge in [-0.15, -0.1) is 0 Å². The Bertz CT molecular complexity index is 849. The fraction of sp³-hybridized carbons (Fsp3) is 0.409. The van der Waals surface area contributed by atoms with Gasteiger partial charge < -0.3 is 14.5 Å². The molecule has 0 aliphatic carbocycles. The van der Waals surface area contributed by atoms with Gasteiger partial charge in [0.2, 0.25) is 5.91 Å². The Morgan fingerprint density at radius 3 is 2.54 bits per heavy atom. The molecule has 1 aromatic carbocycles. The van der Waals surface area contributed by atoms with Crippen molar-refractivity contribution in [3.8, 4) is 5.75 Å². The predicted molar refractivity (Wildman–Crippen MR) is 107 cm³/mol. The SMILES string of the molecule is CCc1nc(C)ccc1OCC(=O)N1CCN(Cc2ccc(C)cc2)C(=O)C1. The largest absolute Gasteiger partial charge is 0.482 e. The fourth-order valence-electron chi connectivity index (χ4n) is 3.22. The van der Waals surface area contributed by atoms with Crippen LogP contribution in [0.1, 0.15) is 29.4 Å². The van der Waals surface area contributed by atoms with Crippen LogP contribution in [0.5, 0.6) is 5.75 Å². The summed E-state index contributed by atoms with van der Waals surface area (Å²) >= 11 is 0. The third kappa shape index (κ3) is 4.88. The number of ether oxygens (including phenoxy) is 1. The lowest BCUT2D eigenvalue weighted by molar-refractivity contribution is -0.146. The third-order valence-electron chi connectivity index (χ3n) is 4.92. The van der Waals surface area contributed by atoms with E-state index in [0.717, 1.165) is 23.4 Å². The highest BCUT2D eigenvalue weighted by molar-refractivity contribution is 5.86. The molecular formula is C22H27N3O3. The predicted octanol–water partition coefficient (Wildman–Crippen LogP) is 2.51. The first kappa shape index (κ1) is 19.9. The third-order valence-corrected chi connectivity index (χ3v) is 4.92. The van der Waals surface area contributed by atoms with Gasteiger partial charge in [0.15, 0.2) is 6.61 Å². The van der Waals surface area contributed by atoms with E-state index < -0.39 is 0 Å². The molecule has 6 heteroatoms. The molecule has 1 saturated heterocycles. The maximum absolute atomic E-state index is 12.5. The smallest absolute Gasteiger partial charge is 0.261 e. The molecule has 2 heterocycles. The highest BCUT2D eigenvalue weighted by atomic mass is 16.5. The second-order valence-electron chi connectivity index (χ2n) is 7.16. The lowest BCUT2D eigenvalue weighted by Crippen LogP contribution is -2.52. The van der Waals surface area contributed by atoms with Crippen molar-refractivity contribution in [2.75, 3.05) is 26.2 Å². The van der Waals surface area contributed by atoms with E-state index in [2.05, 4.69) is 4.98 Å². The van der Waals surface area contributed by atoms with E-state index in [4.69, 9.17) is 4.74 Å². The minimum absolute atomic E-state index is 0.0357. The normalized spacial score (nSPS) is 14.3. The number of benzene rings is 1. The van der Waals surface area contributed by atoms with Crippen molar-refractivity contribution in [2.24, 2.45) is 0 Å². The number of carbonyl (C=O) groups is 2. The van der Waals surface area contributed by atoms with Gasteiger partial charge in [-0.25, -0.2) is 0 Å². The van der Waals surface area contributed by atoms with Gasteiger partial charge >= 0.3 is 0 Å². The zero-order valence-electron chi connectivity index (χ0n) is 16.8. The van der Waals surface area contributed by atoms with E-state index in [1.54, 1.807) is 9.80 Å². The van der Waals surface area contributed by atoms with Gasteiger partial charge in [0, 0.05) is 25.3 Å². The summed E-state index contributed by atoms with van der Waals surface area (Å²) in [5.41, 5.74) is 4.05. The minimum Gasteiger partial charge on any atom is -0.482 e. The molecule has 6 nitrogen and oxygen atoms in total. The van der Waals surface area contributed by atoms with Gasteiger partial charge in [0.25, 0.3) is 5.91 Å². The number of nitrogens with zero attached hydrogens (tertiary/aromatic N) is 3. The van der Waals surface area contributed by atoms with E-state index in [1.165, 1.54) is 5.56 Å². The highest BCUT2D eigenvalue weighted by Crippen LogP contribution is 2.18. The highest BCUT2D eigenvalue weighted by Gasteiger charge is 2.27. The van der Waals surface area contributed by atoms with E-state index in [9.17, 15) is 9.59 Å². The van der Waals surface area contributed by atoms with Crippen LogP contribution in [0.25, 0.3) is 0 Å². The monoisotopic (exact) mass is 381 g/mol. The molecule has 0 atom stereocenters. The van der Waals surface area contributed by atoms with Crippen LogP contribution in [-0.4, -0.2) is 52.8 Å². The lowest BCUT2D eigenvalue weighted by atomic mass is 10.1. The number of hydrogen-bond acceptors (Lipinski definition) is 4. The number of amides is 2. The maximum Gasteiger partial charge on any atom is 0.261 e. The summed E-state index contributed by atoms with van der Waals surface area (Å²) in [5.74, 6) is 0.420. The van der Waals surface area contributed by atoms with E-state index >= 15 is 0 Å². The van der Waals surface area contributed by atoms with Crippen LogP contribution in [0.3, 0.4) is 0 Å². The molecular weight excluding hydrogens is 354 g/mol. The summed E-state index contributed by atoms with van der Waals surface area (Å²) in [6.45, 7) is 7.61. The van der Waals surface area contributed by atoms with Crippen LogP contribution in [0.4, 0.5) is 0 Å². The second kappa shape index (κ2) is 8.87. The molecule has 0 saturated carbocycles. The first-order chi connectivity index (χ1) is 13.5. The van der Waals surface area contributed by atoms with Crippen molar-refractivity contribution in [3.63, 3.8) is 0 Å². The Morgan fingerprint density at radius 2 is 1.86 bits per heavy atom. The van der Waals surface area contributed by atoms with Crippen molar-refractivity contribution < 1.29 is 14.3 Å². The summed E-state index contributed by atoms with van der Waals surface area (Å²) in [5, 5.41) is 0. The van der Waals surface area contributed by atoms with Gasteiger partial charge in [-0.2, -0.15) is 0 Å². The van der Waals surface area contributed by atoms with Crippen LogP contribution >= 0.6 is 0 Å². The van der Waals surface area contributed by atoms with Crippen LogP contribution in [0.15, 0.2) is 36.4 Å². The molecule has 0 radical (unpaired) electrons. The molecule has 2 amide bonds. The van der Waals surface area contributed by atoms with Crippen molar-refractivity contribution in [3.05, 3.63) is 58.9 Å². The average Bonchev–Trinajstić information content (AvgIpc) is 2.69. The standard InChI is InChI=1S/C22H27N3O3/c1-4-19-20(10-7-17(3)23-19)28-15-22(27)25-12-11-24(21(26)14-25)13-18-8-5-16(2)6-9-18/h5-10H,4,11-15H2,1-3H3. The van der Waals surface area contributed by atoms with Gasteiger partial charge in [-0.3, -0.25) is 14.6 Å². The van der Waals surface area contributed by atoms with Crippen molar-refractivity contribution in [1.82, 2.24) is 14.8 Å². The molecule has 2 aromatic rings. The number of carbonyl (C=O) groups excluding carboxylic acids is 2. The summed E-state index contributed by atoms with van der Waals surface area (Å²) in [6, 6.07) is 11.9. The van der Waals surface area contributed by atoms with Crippen molar-refractivity contribution in [1.29, 1.82) is 0 Å². The topological polar surface area (TPSA) is 62.7 Å². The number of hydrogen-bond donors (Lipinski definition) is 0. The Labute approximate surface area is 166 Å². The van der Waals surface area contributed by atoms with Crippen LogP contribution in [0.2, 0.25) is 0 Å². The van der Waals surface area contributed by atoms with Crippen LogP contribution in [0, 0.1) is 13.8 Å². The van der Waals surface area contributed by atoms with E-state index in [1.807, 2.05) is 57.2 Å². The molecule has 1 fully saturated rings. The summed E-state index contributed by atoms with van der Waals surface area (Å²) in [6.07, 6.45) is 0.737. The first-order valence-corrected chi connectivity index (χ1v) is 9.66. The Morgan fingerprint density at radius 1 is 1.11 bits per heavy atom. The molecule has 0 unspecified atom stereocenters. The molecule has 1 aliphatic rings. The molecule has 0 N–H and O–H groups in total. The summed E-state index contributed by atoms with van der Waals surface area (Å²) in [7, 11) is 0. The number of aromatic nitrogens is 1. The summed E-state index contributed by atoms with van der Waals surface area (Å²) < 4.78 is 5.69. The maximum atomic E-state index is 12.5. The number of rotatable bonds is 6. The molecule has 0 bridgehead atoms. The van der Waals surface area contributed by atoms with Crippen molar-refractivity contribution >= 4 is 11.8 Å². The number of pyridine rings is 1. The fourth-order valence-corrected chi connectivity index (χ4v) is 3.22. The average molecular weight is 381 g/mol. The zero-order chi connectivity index (χ0) is 20.1. The zero-order valence-corrected chi connectivity index (χ0v) is 16.8. The van der Waals surface area contributed by atoms with Crippen LogP contribution in [-0.2, 0) is 22.6 Å². The molecule has 1 aliphatic heterocycles. The molecule has 1 aromatic heterocycles. The van der Waals surface area contributed by atoms with Crippen molar-refractivity contribution in [2.45, 2.75) is 33.7 Å². The first-order valence-electron chi connectivity index (χ1n) is 9.66. The molecule has 3 rings (SSSR count). The van der Waals surface area contributed by atoms with E-state index in [0.29, 0.717) is 25.4 Å². The minimum atomic E-state index is -0.175. The van der Waals surface area contributed by atoms with Gasteiger partial charge in [0.1, 0.15) is 5.75 Å². The van der Waals surface area contributed by atoms with Gasteiger partial charge in [0.05, 0.1) is 12.2 Å². The van der Waals surface area contributed by atoms with Gasteiger partial charge in [-0.1, -0.05) is 36.8 Å². The number of aryl methyl sites for hydroxylation is 3. The quantitative estimate of drug-likeness (QED) is 0.771. The molecule has 148 valence electrons. The summed E-state index contributed by atoms with van der Waals surface area (Å²) in [4.78, 5) is 32.8. The Kier molecular flexibility index (Phi) is 6.29.